The molecule has 0 unspecified atom stereocenters. The maximum Gasteiger partial charge on any atom is 0.234 e. The Bertz CT molecular complexity index is 498. The van der Waals surface area contributed by atoms with E-state index in [1.54, 1.807) is 24.3 Å². The summed E-state index contributed by atoms with van der Waals surface area (Å²) < 4.78 is 30.8. The summed E-state index contributed by atoms with van der Waals surface area (Å²) in [6.07, 6.45) is 0. The van der Waals surface area contributed by atoms with E-state index in [1.165, 1.54) is 0 Å². The molecule has 0 bridgehead atoms. The molecule has 18 heavy (non-hydrogen) atoms. The number of rotatable bonds is 7. The van der Waals surface area contributed by atoms with E-state index in [9.17, 15) is 8.42 Å². The Morgan fingerprint density at radius 1 is 1.39 bits per heavy atom. The van der Waals surface area contributed by atoms with Gasteiger partial charge in [-0.15, -0.1) is 0 Å². The fraction of sp³-hybridized carbons (Fsp3) is 0.364. The van der Waals surface area contributed by atoms with Crippen LogP contribution in [0.2, 0.25) is 0 Å². The van der Waals surface area contributed by atoms with Crippen molar-refractivity contribution in [1.29, 1.82) is 0 Å². The molecule has 0 atom stereocenters. The zero-order valence-electron chi connectivity index (χ0n) is 10.0. The Labute approximate surface area is 112 Å². The molecule has 1 aromatic rings. The molecule has 1 rings (SSSR count). The molecule has 0 aliphatic carbocycles. The maximum absolute atomic E-state index is 11.7. The van der Waals surface area contributed by atoms with Gasteiger partial charge in [-0.05, 0) is 31.2 Å². The lowest BCUT2D eigenvalue weighted by Gasteiger charge is -2.08. The van der Waals surface area contributed by atoms with Crippen LogP contribution in [0, 0.1) is 0 Å². The first-order chi connectivity index (χ1) is 8.44. The first-order valence-corrected chi connectivity index (χ1v) is 7.49. The van der Waals surface area contributed by atoms with Gasteiger partial charge in [-0.25, -0.2) is 8.42 Å². The Morgan fingerprint density at radius 3 is 2.50 bits per heavy atom. The summed E-state index contributed by atoms with van der Waals surface area (Å²) in [4.78, 5) is 0.278. The molecule has 5 nitrogen and oxygen atoms in total. The molecule has 7 heteroatoms. The molecular weight excluding hydrogens is 272 g/mol. The fourth-order valence-corrected chi connectivity index (χ4v) is 2.32. The van der Waals surface area contributed by atoms with Crippen molar-refractivity contribution in [2.45, 2.75) is 6.92 Å². The van der Waals surface area contributed by atoms with Crippen molar-refractivity contribution in [2.24, 2.45) is 5.73 Å². The number of anilines is 1. The van der Waals surface area contributed by atoms with Crippen molar-refractivity contribution in [3.8, 4) is 0 Å². The zero-order valence-corrected chi connectivity index (χ0v) is 11.7. The third-order valence-corrected chi connectivity index (χ3v) is 3.63. The molecule has 0 saturated carbocycles. The summed E-state index contributed by atoms with van der Waals surface area (Å²) in [7, 11) is -3.38. The molecule has 0 aromatic heterocycles. The summed E-state index contributed by atoms with van der Waals surface area (Å²) in [5.41, 5.74) is 6.62. The number of ether oxygens (including phenoxy) is 1. The van der Waals surface area contributed by atoms with Crippen molar-refractivity contribution in [3.63, 3.8) is 0 Å². The molecule has 0 radical (unpaired) electrons. The Morgan fingerprint density at radius 2 is 2.00 bits per heavy atom. The predicted molar refractivity (Wildman–Crippen MR) is 76.2 cm³/mol. The minimum Gasteiger partial charge on any atom is -0.389 e. The Hall–Kier alpha value is -1.18. The Balaban J connectivity index is 2.63. The van der Waals surface area contributed by atoms with Crippen molar-refractivity contribution in [3.05, 3.63) is 29.8 Å². The number of benzene rings is 1. The van der Waals surface area contributed by atoms with Crippen molar-refractivity contribution >= 4 is 32.9 Å². The molecule has 100 valence electrons. The van der Waals surface area contributed by atoms with Gasteiger partial charge in [0.2, 0.25) is 10.0 Å². The monoisotopic (exact) mass is 288 g/mol. The number of nitrogens with two attached hydrogens (primary N) is 1. The van der Waals surface area contributed by atoms with Crippen molar-refractivity contribution < 1.29 is 13.2 Å². The summed E-state index contributed by atoms with van der Waals surface area (Å²) in [5, 5.41) is 0. The SMILES string of the molecule is CCOCCS(=O)(=O)Nc1ccc(C(N)=S)cc1. The van der Waals surface area contributed by atoms with Crippen LogP contribution in [-0.2, 0) is 14.8 Å². The third kappa shape index (κ3) is 4.99. The summed E-state index contributed by atoms with van der Waals surface area (Å²) in [5.74, 6) is -0.0715. The van der Waals surface area contributed by atoms with Gasteiger partial charge in [0.05, 0.1) is 12.4 Å². The van der Waals surface area contributed by atoms with E-state index in [1.807, 2.05) is 6.92 Å². The smallest absolute Gasteiger partial charge is 0.234 e. The van der Waals surface area contributed by atoms with E-state index in [2.05, 4.69) is 4.72 Å². The fourth-order valence-electron chi connectivity index (χ4n) is 1.25. The van der Waals surface area contributed by atoms with E-state index < -0.39 is 10.0 Å². The summed E-state index contributed by atoms with van der Waals surface area (Å²) in [6.45, 7) is 2.49. The van der Waals surface area contributed by atoms with Crippen LogP contribution in [0.4, 0.5) is 5.69 Å². The molecule has 0 spiro atoms. The molecule has 0 amide bonds. The molecule has 0 fully saturated rings. The van der Waals surface area contributed by atoms with Gasteiger partial charge < -0.3 is 10.5 Å². The molecular formula is C11H16N2O3S2. The van der Waals surface area contributed by atoms with E-state index in [0.29, 0.717) is 17.9 Å². The highest BCUT2D eigenvalue weighted by molar-refractivity contribution is 7.92. The minimum atomic E-state index is -3.38. The van der Waals surface area contributed by atoms with Crippen LogP contribution in [0.1, 0.15) is 12.5 Å². The van der Waals surface area contributed by atoms with Crippen molar-refractivity contribution in [1.82, 2.24) is 0 Å². The van der Waals surface area contributed by atoms with Crippen LogP contribution in [0.15, 0.2) is 24.3 Å². The molecule has 0 aliphatic heterocycles. The minimum absolute atomic E-state index is 0.0715. The zero-order chi connectivity index (χ0) is 13.6. The van der Waals surface area contributed by atoms with Crippen LogP contribution in [-0.4, -0.2) is 32.4 Å². The van der Waals surface area contributed by atoms with Gasteiger partial charge >= 0.3 is 0 Å². The van der Waals surface area contributed by atoms with Gasteiger partial charge in [-0.3, -0.25) is 4.72 Å². The number of hydrogen-bond donors (Lipinski definition) is 2. The highest BCUT2D eigenvalue weighted by Crippen LogP contribution is 2.11. The normalized spacial score (nSPS) is 11.2. The second-order valence-electron chi connectivity index (χ2n) is 3.56. The van der Waals surface area contributed by atoms with Gasteiger partial charge in [-0.2, -0.15) is 0 Å². The molecule has 1 aromatic carbocycles. The molecule has 0 saturated heterocycles. The largest absolute Gasteiger partial charge is 0.389 e. The second kappa shape index (κ2) is 6.67. The third-order valence-electron chi connectivity index (χ3n) is 2.14. The quantitative estimate of drug-likeness (QED) is 0.580. The molecule has 0 heterocycles. The van der Waals surface area contributed by atoms with Gasteiger partial charge in [0, 0.05) is 17.9 Å². The van der Waals surface area contributed by atoms with E-state index >= 15 is 0 Å². The van der Waals surface area contributed by atoms with E-state index in [-0.39, 0.29) is 17.3 Å². The van der Waals surface area contributed by atoms with Crippen LogP contribution in [0.25, 0.3) is 0 Å². The van der Waals surface area contributed by atoms with Crippen LogP contribution < -0.4 is 10.5 Å². The van der Waals surface area contributed by atoms with Gasteiger partial charge in [0.1, 0.15) is 4.99 Å². The highest BCUT2D eigenvalue weighted by atomic mass is 32.2. The van der Waals surface area contributed by atoms with Crippen LogP contribution in [0.5, 0.6) is 0 Å². The van der Waals surface area contributed by atoms with Gasteiger partial charge in [0.15, 0.2) is 0 Å². The number of hydrogen-bond acceptors (Lipinski definition) is 4. The first kappa shape index (κ1) is 14.9. The second-order valence-corrected chi connectivity index (χ2v) is 5.84. The topological polar surface area (TPSA) is 81.4 Å². The standard InChI is InChI=1S/C11H16N2O3S2/c1-2-16-7-8-18(14,15)13-10-5-3-9(4-6-10)11(12)17/h3-6,13H,2,7-8H2,1H3,(H2,12,17). The molecule has 3 N–H and O–H groups in total. The maximum atomic E-state index is 11.7. The predicted octanol–water partition coefficient (Wildman–Crippen LogP) is 1.10. The first-order valence-electron chi connectivity index (χ1n) is 5.42. The summed E-state index contributed by atoms with van der Waals surface area (Å²) in [6, 6.07) is 6.57. The highest BCUT2D eigenvalue weighted by Gasteiger charge is 2.10. The van der Waals surface area contributed by atoms with E-state index in [0.717, 1.165) is 0 Å². The van der Waals surface area contributed by atoms with Crippen molar-refractivity contribution in [2.75, 3.05) is 23.7 Å². The lowest BCUT2D eigenvalue weighted by molar-refractivity contribution is 0.163. The lowest BCUT2D eigenvalue weighted by Crippen LogP contribution is -2.20. The number of nitrogens with one attached hydrogen (secondary N) is 1. The van der Waals surface area contributed by atoms with Crippen LogP contribution >= 0.6 is 12.2 Å². The summed E-state index contributed by atoms with van der Waals surface area (Å²) >= 11 is 4.81. The number of thiocarbonyl (C=S) groups is 1. The van der Waals surface area contributed by atoms with Crippen LogP contribution in [0.3, 0.4) is 0 Å². The van der Waals surface area contributed by atoms with Gasteiger partial charge in [0.25, 0.3) is 0 Å². The number of sulfonamides is 1. The lowest BCUT2D eigenvalue weighted by atomic mass is 10.2. The van der Waals surface area contributed by atoms with E-state index in [4.69, 9.17) is 22.7 Å². The average Bonchev–Trinajstić information content (AvgIpc) is 2.29. The van der Waals surface area contributed by atoms with Gasteiger partial charge in [-0.1, -0.05) is 12.2 Å². The average molecular weight is 288 g/mol. The Kier molecular flexibility index (Phi) is 5.52. The molecule has 0 aliphatic rings.